The Morgan fingerprint density at radius 1 is 1.04 bits per heavy atom. The molecule has 3 rings (SSSR count). The summed E-state index contributed by atoms with van der Waals surface area (Å²) in [4.78, 5) is 42.3. The number of carbonyl (C=O) groups is 3. The van der Waals surface area contributed by atoms with Crippen molar-refractivity contribution in [2.75, 3.05) is 18.4 Å². The molecule has 7 nitrogen and oxygen atoms in total. The summed E-state index contributed by atoms with van der Waals surface area (Å²) in [6.07, 6.45) is 4.87. The van der Waals surface area contributed by atoms with Crippen molar-refractivity contribution in [2.45, 2.75) is 25.8 Å². The van der Waals surface area contributed by atoms with Crippen LogP contribution in [0.1, 0.15) is 28.8 Å². The highest BCUT2D eigenvalue weighted by Crippen LogP contribution is 2.27. The van der Waals surface area contributed by atoms with Crippen LogP contribution in [0.25, 0.3) is 0 Å². The van der Waals surface area contributed by atoms with Gasteiger partial charge < -0.3 is 15.5 Å². The summed E-state index contributed by atoms with van der Waals surface area (Å²) in [5, 5.41) is 5.30. The van der Waals surface area contributed by atoms with Gasteiger partial charge in [0, 0.05) is 29.7 Å². The lowest BCUT2D eigenvalue weighted by molar-refractivity contribution is -0.124. The highest BCUT2D eigenvalue weighted by molar-refractivity contribution is 5.98. The van der Waals surface area contributed by atoms with Gasteiger partial charge in [-0.2, -0.15) is 0 Å². The van der Waals surface area contributed by atoms with E-state index in [4.69, 9.17) is 0 Å². The fourth-order valence-corrected chi connectivity index (χ4v) is 2.64. The van der Waals surface area contributed by atoms with Crippen molar-refractivity contribution >= 4 is 23.4 Å². The van der Waals surface area contributed by atoms with Crippen molar-refractivity contribution in [1.29, 1.82) is 0 Å². The van der Waals surface area contributed by atoms with Gasteiger partial charge in [-0.05, 0) is 44.0 Å². The number of pyridine rings is 1. The van der Waals surface area contributed by atoms with Crippen LogP contribution in [0.4, 0.5) is 5.69 Å². The van der Waals surface area contributed by atoms with Gasteiger partial charge in [-0.15, -0.1) is 0 Å². The molecule has 27 heavy (non-hydrogen) atoms. The minimum atomic E-state index is -0.358. The van der Waals surface area contributed by atoms with E-state index in [-0.39, 0.29) is 36.9 Å². The average molecular weight is 366 g/mol. The van der Waals surface area contributed by atoms with E-state index in [2.05, 4.69) is 15.6 Å². The Balaban J connectivity index is 1.50. The zero-order chi connectivity index (χ0) is 19.2. The molecule has 2 aromatic rings. The number of hydrogen-bond donors (Lipinski definition) is 2. The molecule has 0 bridgehead atoms. The predicted octanol–water partition coefficient (Wildman–Crippen LogP) is 1.75. The van der Waals surface area contributed by atoms with Gasteiger partial charge in [-0.1, -0.05) is 17.7 Å². The van der Waals surface area contributed by atoms with Gasteiger partial charge in [-0.25, -0.2) is 0 Å². The van der Waals surface area contributed by atoms with Crippen LogP contribution in [-0.4, -0.2) is 46.7 Å². The predicted molar refractivity (Wildman–Crippen MR) is 101 cm³/mol. The molecule has 1 fully saturated rings. The van der Waals surface area contributed by atoms with E-state index in [1.807, 2.05) is 19.1 Å². The topological polar surface area (TPSA) is 91.4 Å². The lowest BCUT2D eigenvalue weighted by Gasteiger charge is -2.21. The normalized spacial score (nSPS) is 12.9. The minimum Gasteiger partial charge on any atom is -0.345 e. The standard InChI is InChI=1S/C20H22N4O3/c1-14-2-4-16(5-3-14)23-18(25)12-22-19(26)13-24(17-6-7-17)20(27)15-8-10-21-11-9-15/h2-5,8-11,17H,6-7,12-13H2,1H3,(H,22,26)(H,23,25). The Hall–Kier alpha value is -3.22. The van der Waals surface area contributed by atoms with Crippen molar-refractivity contribution in [2.24, 2.45) is 0 Å². The molecule has 0 aliphatic heterocycles. The van der Waals surface area contributed by atoms with E-state index in [1.54, 1.807) is 41.6 Å². The lowest BCUT2D eigenvalue weighted by atomic mass is 10.2. The number of anilines is 1. The molecule has 0 spiro atoms. The summed E-state index contributed by atoms with van der Waals surface area (Å²) in [5.41, 5.74) is 2.27. The highest BCUT2D eigenvalue weighted by Gasteiger charge is 2.34. The number of carbonyl (C=O) groups excluding carboxylic acids is 3. The number of rotatable bonds is 7. The summed E-state index contributed by atoms with van der Waals surface area (Å²) < 4.78 is 0. The van der Waals surface area contributed by atoms with Crippen LogP contribution >= 0.6 is 0 Å². The zero-order valence-corrected chi connectivity index (χ0v) is 15.1. The maximum absolute atomic E-state index is 12.6. The van der Waals surface area contributed by atoms with Crippen molar-refractivity contribution < 1.29 is 14.4 Å². The fraction of sp³-hybridized carbons (Fsp3) is 0.300. The van der Waals surface area contributed by atoms with Gasteiger partial charge in [-0.3, -0.25) is 19.4 Å². The first-order valence-corrected chi connectivity index (χ1v) is 8.87. The zero-order valence-electron chi connectivity index (χ0n) is 15.1. The molecular weight excluding hydrogens is 344 g/mol. The summed E-state index contributed by atoms with van der Waals surface area (Å²) >= 11 is 0. The number of benzene rings is 1. The second-order valence-electron chi connectivity index (χ2n) is 6.59. The molecule has 140 valence electrons. The SMILES string of the molecule is Cc1ccc(NC(=O)CNC(=O)CN(C(=O)c2ccncc2)C2CC2)cc1. The molecular formula is C20H22N4O3. The van der Waals surface area contributed by atoms with Crippen molar-refractivity contribution in [3.63, 3.8) is 0 Å². The third kappa shape index (κ3) is 5.37. The van der Waals surface area contributed by atoms with Crippen molar-refractivity contribution in [1.82, 2.24) is 15.2 Å². The maximum Gasteiger partial charge on any atom is 0.254 e. The number of aromatic nitrogens is 1. The van der Waals surface area contributed by atoms with Gasteiger partial charge >= 0.3 is 0 Å². The first-order valence-electron chi connectivity index (χ1n) is 8.87. The van der Waals surface area contributed by atoms with E-state index < -0.39 is 0 Å². The van der Waals surface area contributed by atoms with Crippen LogP contribution in [0.2, 0.25) is 0 Å². The lowest BCUT2D eigenvalue weighted by Crippen LogP contribution is -2.43. The highest BCUT2D eigenvalue weighted by atomic mass is 16.2. The van der Waals surface area contributed by atoms with Gasteiger partial charge in [0.2, 0.25) is 11.8 Å². The van der Waals surface area contributed by atoms with E-state index in [0.717, 1.165) is 18.4 Å². The monoisotopic (exact) mass is 366 g/mol. The Kier molecular flexibility index (Phi) is 5.80. The second kappa shape index (κ2) is 8.44. The summed E-state index contributed by atoms with van der Waals surface area (Å²) in [7, 11) is 0. The largest absolute Gasteiger partial charge is 0.345 e. The van der Waals surface area contributed by atoms with E-state index in [1.165, 1.54) is 0 Å². The number of hydrogen-bond acceptors (Lipinski definition) is 4. The first kappa shape index (κ1) is 18.6. The molecule has 0 atom stereocenters. The third-order valence-electron chi connectivity index (χ3n) is 4.27. The van der Waals surface area contributed by atoms with Crippen LogP contribution in [0, 0.1) is 6.92 Å². The molecule has 0 saturated heterocycles. The Morgan fingerprint density at radius 3 is 2.33 bits per heavy atom. The van der Waals surface area contributed by atoms with Crippen LogP contribution in [0.15, 0.2) is 48.8 Å². The molecule has 1 heterocycles. The molecule has 1 aliphatic carbocycles. The minimum absolute atomic E-state index is 0.0658. The summed E-state index contributed by atoms with van der Waals surface area (Å²) in [5.74, 6) is -0.867. The maximum atomic E-state index is 12.6. The summed E-state index contributed by atoms with van der Waals surface area (Å²) in [6.45, 7) is 1.75. The molecule has 1 aromatic heterocycles. The Labute approximate surface area is 157 Å². The molecule has 2 N–H and O–H groups in total. The Morgan fingerprint density at radius 2 is 1.70 bits per heavy atom. The van der Waals surface area contributed by atoms with E-state index >= 15 is 0 Å². The van der Waals surface area contributed by atoms with E-state index in [0.29, 0.717) is 11.3 Å². The van der Waals surface area contributed by atoms with Gasteiger partial charge in [0.15, 0.2) is 0 Å². The third-order valence-corrected chi connectivity index (χ3v) is 4.27. The van der Waals surface area contributed by atoms with Crippen LogP contribution < -0.4 is 10.6 Å². The smallest absolute Gasteiger partial charge is 0.254 e. The van der Waals surface area contributed by atoms with Crippen LogP contribution in [0.5, 0.6) is 0 Å². The fourth-order valence-electron chi connectivity index (χ4n) is 2.64. The number of aryl methyl sites for hydroxylation is 1. The first-order chi connectivity index (χ1) is 13.0. The van der Waals surface area contributed by atoms with Gasteiger partial charge in [0.05, 0.1) is 6.54 Å². The average Bonchev–Trinajstić information content (AvgIpc) is 3.51. The number of amides is 3. The molecule has 7 heteroatoms. The van der Waals surface area contributed by atoms with Gasteiger partial charge in [0.25, 0.3) is 5.91 Å². The van der Waals surface area contributed by atoms with E-state index in [9.17, 15) is 14.4 Å². The molecule has 3 amide bonds. The molecule has 1 saturated carbocycles. The number of nitrogens with zero attached hydrogens (tertiary/aromatic N) is 2. The van der Waals surface area contributed by atoms with Crippen molar-refractivity contribution in [3.8, 4) is 0 Å². The number of nitrogens with one attached hydrogen (secondary N) is 2. The van der Waals surface area contributed by atoms with Gasteiger partial charge in [0.1, 0.15) is 6.54 Å². The summed E-state index contributed by atoms with van der Waals surface area (Å²) in [6, 6.07) is 10.7. The molecule has 0 radical (unpaired) electrons. The van der Waals surface area contributed by atoms with Crippen LogP contribution in [-0.2, 0) is 9.59 Å². The molecule has 0 unspecified atom stereocenters. The second-order valence-corrected chi connectivity index (χ2v) is 6.59. The van der Waals surface area contributed by atoms with Crippen molar-refractivity contribution in [3.05, 3.63) is 59.9 Å². The molecule has 1 aliphatic rings. The quantitative estimate of drug-likeness (QED) is 0.781. The molecule has 1 aromatic carbocycles. The van der Waals surface area contributed by atoms with Crippen LogP contribution in [0.3, 0.4) is 0 Å². The Bertz CT molecular complexity index is 817.